The van der Waals surface area contributed by atoms with Crippen molar-refractivity contribution >= 4 is 18.0 Å². The molecule has 26 heavy (non-hydrogen) atoms. The van der Waals surface area contributed by atoms with Crippen LogP contribution in [0.4, 0.5) is 4.79 Å². The first-order valence-corrected chi connectivity index (χ1v) is 8.80. The van der Waals surface area contributed by atoms with Gasteiger partial charge in [0.05, 0.1) is 12.3 Å². The molecule has 0 spiro atoms. The molecule has 1 aromatic rings. The van der Waals surface area contributed by atoms with E-state index in [4.69, 9.17) is 9.47 Å². The van der Waals surface area contributed by atoms with E-state index in [9.17, 15) is 14.4 Å². The van der Waals surface area contributed by atoms with Gasteiger partial charge in [-0.25, -0.2) is 14.8 Å². The summed E-state index contributed by atoms with van der Waals surface area (Å²) in [6.45, 7) is 5.82. The first-order valence-electron chi connectivity index (χ1n) is 8.80. The molecule has 1 aromatic carbocycles. The Hall–Kier alpha value is -2.57. The van der Waals surface area contributed by atoms with Crippen LogP contribution < -0.4 is 0 Å². The fraction of sp³-hybridized carbons (Fsp3) is 0.526. The van der Waals surface area contributed by atoms with Crippen LogP contribution in [0, 0.1) is 5.92 Å². The van der Waals surface area contributed by atoms with Gasteiger partial charge in [0.15, 0.2) is 0 Å². The van der Waals surface area contributed by atoms with Gasteiger partial charge >= 0.3 is 12.1 Å². The van der Waals surface area contributed by atoms with Gasteiger partial charge in [0.25, 0.3) is 0 Å². The minimum atomic E-state index is -0.595. The van der Waals surface area contributed by atoms with Crippen molar-refractivity contribution in [2.75, 3.05) is 13.2 Å². The number of hydrogen-bond donors (Lipinski definition) is 0. The van der Waals surface area contributed by atoms with Crippen molar-refractivity contribution in [3.05, 3.63) is 35.9 Å². The maximum absolute atomic E-state index is 13.1. The van der Waals surface area contributed by atoms with E-state index >= 15 is 0 Å². The summed E-state index contributed by atoms with van der Waals surface area (Å²) in [5, 5.41) is 2.80. The molecular formula is C19H24N2O5. The molecule has 2 aliphatic heterocycles. The van der Waals surface area contributed by atoms with Crippen LogP contribution in [0.2, 0.25) is 0 Å². The monoisotopic (exact) mass is 360 g/mol. The number of hydrazine groups is 1. The zero-order valence-electron chi connectivity index (χ0n) is 15.3. The number of nitrogens with zero attached hydrogens (tertiary/aromatic N) is 2. The first kappa shape index (κ1) is 18.2. The Bertz CT molecular complexity index is 698. The smallest absolute Gasteiger partial charge is 0.428 e. The second kappa shape index (κ2) is 6.97. The van der Waals surface area contributed by atoms with E-state index in [1.807, 2.05) is 30.3 Å². The summed E-state index contributed by atoms with van der Waals surface area (Å²) < 4.78 is 10.6. The van der Waals surface area contributed by atoms with E-state index in [2.05, 4.69) is 0 Å². The number of amides is 2. The quantitative estimate of drug-likeness (QED) is 0.775. The summed E-state index contributed by atoms with van der Waals surface area (Å²) in [5.41, 5.74) is 0.291. The number of ether oxygens (including phenoxy) is 2. The Morgan fingerprint density at radius 3 is 2.58 bits per heavy atom. The summed E-state index contributed by atoms with van der Waals surface area (Å²) in [6.07, 6.45) is -0.108. The SMILES string of the molecule is CC(C)(C)OC(=O)C[C@H]1CCN2C(=O)OC[C@@H](c3ccccc3)N2C1=O. The van der Waals surface area contributed by atoms with Crippen LogP contribution in [0.3, 0.4) is 0 Å². The second-order valence-electron chi connectivity index (χ2n) is 7.59. The zero-order chi connectivity index (χ0) is 18.9. The van der Waals surface area contributed by atoms with Crippen molar-refractivity contribution in [2.45, 2.75) is 45.3 Å². The summed E-state index contributed by atoms with van der Waals surface area (Å²) in [4.78, 5) is 37.3. The molecule has 2 atom stereocenters. The van der Waals surface area contributed by atoms with Crippen molar-refractivity contribution < 1.29 is 23.9 Å². The van der Waals surface area contributed by atoms with Crippen LogP contribution in [-0.2, 0) is 19.1 Å². The van der Waals surface area contributed by atoms with Crippen LogP contribution in [0.1, 0.15) is 45.2 Å². The summed E-state index contributed by atoms with van der Waals surface area (Å²) in [5.74, 6) is -1.15. The van der Waals surface area contributed by atoms with Gasteiger partial charge in [0.2, 0.25) is 5.91 Å². The van der Waals surface area contributed by atoms with Gasteiger partial charge in [0.1, 0.15) is 18.2 Å². The van der Waals surface area contributed by atoms with Crippen molar-refractivity contribution in [1.82, 2.24) is 10.0 Å². The van der Waals surface area contributed by atoms with Gasteiger partial charge in [0, 0.05) is 6.54 Å². The van der Waals surface area contributed by atoms with E-state index in [0.717, 1.165) is 5.56 Å². The fourth-order valence-corrected chi connectivity index (χ4v) is 3.30. The first-order chi connectivity index (χ1) is 12.3. The van der Waals surface area contributed by atoms with Crippen LogP contribution in [0.5, 0.6) is 0 Å². The third kappa shape index (κ3) is 3.81. The molecule has 2 aliphatic rings. The van der Waals surface area contributed by atoms with Gasteiger partial charge in [-0.1, -0.05) is 30.3 Å². The average Bonchev–Trinajstić information content (AvgIpc) is 2.57. The molecule has 2 heterocycles. The highest BCUT2D eigenvalue weighted by molar-refractivity contribution is 5.87. The van der Waals surface area contributed by atoms with Crippen LogP contribution >= 0.6 is 0 Å². The third-order valence-corrected chi connectivity index (χ3v) is 4.41. The normalized spacial score (nSPS) is 23.3. The summed E-state index contributed by atoms with van der Waals surface area (Å²) in [6, 6.07) is 9.05. The Kier molecular flexibility index (Phi) is 4.89. The average molecular weight is 360 g/mol. The molecule has 0 radical (unpaired) electrons. The maximum Gasteiger partial charge on any atom is 0.428 e. The van der Waals surface area contributed by atoms with Crippen molar-refractivity contribution in [3.63, 3.8) is 0 Å². The highest BCUT2D eigenvalue weighted by Gasteiger charge is 2.45. The lowest BCUT2D eigenvalue weighted by Gasteiger charge is -2.47. The molecule has 0 unspecified atom stereocenters. The largest absolute Gasteiger partial charge is 0.460 e. The highest BCUT2D eigenvalue weighted by atomic mass is 16.6. The molecule has 7 heteroatoms. The number of benzene rings is 1. The molecule has 0 saturated carbocycles. The molecule has 0 N–H and O–H groups in total. The number of fused-ring (bicyclic) bond motifs is 1. The van der Waals surface area contributed by atoms with Gasteiger partial charge in [-0.2, -0.15) is 0 Å². The third-order valence-electron chi connectivity index (χ3n) is 4.41. The van der Waals surface area contributed by atoms with Gasteiger partial charge < -0.3 is 9.47 Å². The van der Waals surface area contributed by atoms with E-state index in [0.29, 0.717) is 13.0 Å². The molecule has 3 rings (SSSR count). The molecular weight excluding hydrogens is 336 g/mol. The fourth-order valence-electron chi connectivity index (χ4n) is 3.30. The Balaban J connectivity index is 1.79. The van der Waals surface area contributed by atoms with Crippen LogP contribution in [-0.4, -0.2) is 46.7 Å². The predicted octanol–water partition coefficient (Wildman–Crippen LogP) is 2.68. The van der Waals surface area contributed by atoms with E-state index in [1.165, 1.54) is 10.0 Å². The van der Waals surface area contributed by atoms with Gasteiger partial charge in [-0.15, -0.1) is 0 Å². The maximum atomic E-state index is 13.1. The van der Waals surface area contributed by atoms with Crippen molar-refractivity contribution in [2.24, 2.45) is 5.92 Å². The van der Waals surface area contributed by atoms with E-state index in [-0.39, 0.29) is 25.0 Å². The summed E-state index contributed by atoms with van der Waals surface area (Å²) >= 11 is 0. The minimum Gasteiger partial charge on any atom is -0.460 e. The van der Waals surface area contributed by atoms with Crippen molar-refractivity contribution in [3.8, 4) is 0 Å². The molecule has 0 aliphatic carbocycles. The number of esters is 1. The van der Waals surface area contributed by atoms with E-state index < -0.39 is 23.6 Å². The molecule has 2 amide bonds. The highest BCUT2D eigenvalue weighted by Crippen LogP contribution is 2.34. The minimum absolute atomic E-state index is 0.0109. The Morgan fingerprint density at radius 1 is 1.23 bits per heavy atom. The lowest BCUT2D eigenvalue weighted by molar-refractivity contribution is -0.181. The number of cyclic esters (lactones) is 1. The number of carbonyl (C=O) groups is 3. The summed E-state index contributed by atoms with van der Waals surface area (Å²) in [7, 11) is 0. The van der Waals surface area contributed by atoms with Gasteiger partial charge in [-0.3, -0.25) is 9.59 Å². The molecule has 140 valence electrons. The molecule has 2 saturated heterocycles. The second-order valence-corrected chi connectivity index (χ2v) is 7.59. The lowest BCUT2D eigenvalue weighted by Crippen LogP contribution is -2.61. The molecule has 0 bridgehead atoms. The number of carbonyl (C=O) groups excluding carboxylic acids is 3. The number of rotatable bonds is 3. The molecule has 2 fully saturated rings. The molecule has 7 nitrogen and oxygen atoms in total. The number of hydrogen-bond acceptors (Lipinski definition) is 5. The Morgan fingerprint density at radius 2 is 1.92 bits per heavy atom. The standard InChI is InChI=1S/C19H24N2O5/c1-19(2,3)26-16(22)11-14-9-10-20-18(24)25-12-15(21(20)17(14)23)13-7-5-4-6-8-13/h4-8,14-15H,9-12H2,1-3H3/t14-,15+/m1/s1. The van der Waals surface area contributed by atoms with Crippen molar-refractivity contribution in [1.29, 1.82) is 0 Å². The topological polar surface area (TPSA) is 76.2 Å². The lowest BCUT2D eigenvalue weighted by atomic mass is 9.95. The predicted molar refractivity (Wildman–Crippen MR) is 92.7 cm³/mol. The van der Waals surface area contributed by atoms with Gasteiger partial charge in [-0.05, 0) is 32.8 Å². The Labute approximate surface area is 152 Å². The van der Waals surface area contributed by atoms with E-state index in [1.54, 1.807) is 20.8 Å². The van der Waals surface area contributed by atoms with Crippen LogP contribution in [0.15, 0.2) is 30.3 Å². The molecule has 0 aromatic heterocycles. The van der Waals surface area contributed by atoms with Crippen LogP contribution in [0.25, 0.3) is 0 Å². The zero-order valence-corrected chi connectivity index (χ0v) is 15.3.